The standard InChI is InChI=1S/C27H36N4O5.C2HF3O2/c1-16(2)11-21(26(33)29-19-14-18-7-6-8-22(34-3)20(18)15-19)30-27(28)31-25(32)13-17-9-10-23(35-4)24(12-17)36-5;3-2(4,5)1(6)7/h6-10,12,16,19,21H,11,13-15H2,1-5H3,(H,29,33)(H3,28,30,31,32);(H,6,7)/t19?,21-;/m1./s1. The van der Waals surface area contributed by atoms with E-state index in [4.69, 9.17) is 29.8 Å². The molecule has 5 N–H and O–H groups in total. The predicted octanol–water partition coefficient (Wildman–Crippen LogP) is 3.02. The maximum absolute atomic E-state index is 13.1. The van der Waals surface area contributed by atoms with Crippen molar-refractivity contribution < 1.29 is 46.9 Å². The maximum atomic E-state index is 13.1. The highest BCUT2D eigenvalue weighted by Gasteiger charge is 2.38. The van der Waals surface area contributed by atoms with E-state index < -0.39 is 18.2 Å². The molecule has 0 aromatic heterocycles. The van der Waals surface area contributed by atoms with Crippen LogP contribution in [0.25, 0.3) is 0 Å². The summed E-state index contributed by atoms with van der Waals surface area (Å²) in [5, 5.41) is 12.8. The van der Waals surface area contributed by atoms with Gasteiger partial charge in [-0.15, -0.1) is 0 Å². The van der Waals surface area contributed by atoms with E-state index >= 15 is 0 Å². The first kappa shape index (κ1) is 34.7. The molecule has 3 rings (SSSR count). The Morgan fingerprint density at radius 2 is 1.65 bits per heavy atom. The van der Waals surface area contributed by atoms with Crippen LogP contribution in [0, 0.1) is 5.92 Å². The van der Waals surface area contributed by atoms with Gasteiger partial charge in [-0.2, -0.15) is 13.2 Å². The number of hydrogen-bond donors (Lipinski definition) is 4. The molecule has 11 nitrogen and oxygen atoms in total. The fraction of sp³-hybridized carbons (Fsp3) is 0.448. The Morgan fingerprint density at radius 3 is 2.21 bits per heavy atom. The number of aliphatic imine (C=N–C) groups is 1. The van der Waals surface area contributed by atoms with Crippen LogP contribution in [0.15, 0.2) is 41.4 Å². The van der Waals surface area contributed by atoms with Gasteiger partial charge >= 0.3 is 12.1 Å². The number of amides is 2. The lowest BCUT2D eigenvalue weighted by molar-refractivity contribution is -0.192. The van der Waals surface area contributed by atoms with Crippen LogP contribution in [0.4, 0.5) is 13.2 Å². The van der Waals surface area contributed by atoms with E-state index in [9.17, 15) is 22.8 Å². The zero-order chi connectivity index (χ0) is 32.3. The third-order valence-corrected chi connectivity index (χ3v) is 6.33. The molecule has 236 valence electrons. The van der Waals surface area contributed by atoms with Crippen molar-refractivity contribution in [1.82, 2.24) is 10.6 Å². The van der Waals surface area contributed by atoms with Crippen LogP contribution in [-0.4, -0.2) is 68.4 Å². The fourth-order valence-electron chi connectivity index (χ4n) is 4.44. The number of nitrogens with one attached hydrogen (secondary N) is 2. The molecule has 2 amide bonds. The number of fused-ring (bicyclic) bond motifs is 1. The van der Waals surface area contributed by atoms with Crippen LogP contribution in [0.1, 0.15) is 37.0 Å². The minimum Gasteiger partial charge on any atom is -0.496 e. The SMILES string of the molecule is COc1ccc(CC(=O)NC(N)=N[C@H](CC(C)C)C(=O)NC2Cc3cccc(OC)c3C2)cc1OC.O=C(O)C(F)(F)F. The number of benzene rings is 2. The molecule has 0 aliphatic heterocycles. The third kappa shape index (κ3) is 10.7. The van der Waals surface area contributed by atoms with Crippen LogP contribution in [0.5, 0.6) is 17.2 Å². The number of methoxy groups -OCH3 is 3. The van der Waals surface area contributed by atoms with Crippen LogP contribution in [0.2, 0.25) is 0 Å². The molecule has 1 aliphatic carbocycles. The average molecular weight is 611 g/mol. The van der Waals surface area contributed by atoms with E-state index in [0.29, 0.717) is 24.3 Å². The van der Waals surface area contributed by atoms with E-state index in [-0.39, 0.29) is 36.2 Å². The number of nitrogens with two attached hydrogens (primary N) is 1. The number of carboxylic acids is 1. The molecule has 0 spiro atoms. The van der Waals surface area contributed by atoms with E-state index in [2.05, 4.69) is 21.7 Å². The number of carbonyl (C=O) groups excluding carboxylic acids is 2. The van der Waals surface area contributed by atoms with Gasteiger partial charge in [0.05, 0.1) is 27.8 Å². The smallest absolute Gasteiger partial charge is 0.490 e. The fourth-order valence-corrected chi connectivity index (χ4v) is 4.44. The highest BCUT2D eigenvalue weighted by molar-refractivity contribution is 5.98. The van der Waals surface area contributed by atoms with E-state index in [0.717, 1.165) is 23.3 Å². The maximum Gasteiger partial charge on any atom is 0.490 e. The normalized spacial score (nSPS) is 15.0. The lowest BCUT2D eigenvalue weighted by Gasteiger charge is -2.19. The number of ether oxygens (including phenoxy) is 3. The van der Waals surface area contributed by atoms with Crippen molar-refractivity contribution in [2.24, 2.45) is 16.6 Å². The van der Waals surface area contributed by atoms with Crippen molar-refractivity contribution in [3.8, 4) is 17.2 Å². The van der Waals surface area contributed by atoms with Gasteiger partial charge in [-0.25, -0.2) is 9.79 Å². The summed E-state index contributed by atoms with van der Waals surface area (Å²) in [5.74, 6) is -1.24. The number of carbonyl (C=O) groups is 3. The third-order valence-electron chi connectivity index (χ3n) is 6.33. The topological polar surface area (TPSA) is 162 Å². The first-order valence-corrected chi connectivity index (χ1v) is 13.3. The largest absolute Gasteiger partial charge is 0.496 e. The predicted molar refractivity (Wildman–Crippen MR) is 152 cm³/mol. The van der Waals surface area contributed by atoms with Crippen LogP contribution in [0.3, 0.4) is 0 Å². The van der Waals surface area contributed by atoms with Gasteiger partial charge in [0.25, 0.3) is 0 Å². The lowest BCUT2D eigenvalue weighted by atomic mass is 10.0. The second kappa shape index (κ2) is 15.7. The molecule has 0 saturated carbocycles. The zero-order valence-electron chi connectivity index (χ0n) is 24.6. The highest BCUT2D eigenvalue weighted by atomic mass is 19.4. The van der Waals surface area contributed by atoms with Crippen molar-refractivity contribution >= 4 is 23.7 Å². The zero-order valence-corrected chi connectivity index (χ0v) is 24.6. The van der Waals surface area contributed by atoms with Gasteiger partial charge < -0.3 is 30.4 Å². The van der Waals surface area contributed by atoms with Gasteiger partial charge in [0, 0.05) is 6.04 Å². The Kier molecular flexibility index (Phi) is 12.6. The number of guanidine groups is 1. The first-order valence-electron chi connectivity index (χ1n) is 13.3. The molecule has 0 saturated heterocycles. The van der Waals surface area contributed by atoms with Gasteiger partial charge in [0.15, 0.2) is 17.5 Å². The average Bonchev–Trinajstić information content (AvgIpc) is 3.34. The molecule has 2 aromatic carbocycles. The summed E-state index contributed by atoms with van der Waals surface area (Å²) in [4.78, 5) is 39.0. The van der Waals surface area contributed by atoms with Crippen molar-refractivity contribution in [2.75, 3.05) is 21.3 Å². The highest BCUT2D eigenvalue weighted by Crippen LogP contribution is 2.31. The van der Waals surface area contributed by atoms with Crippen molar-refractivity contribution in [3.63, 3.8) is 0 Å². The van der Waals surface area contributed by atoms with Crippen LogP contribution < -0.4 is 30.6 Å². The van der Waals surface area contributed by atoms with E-state index in [1.54, 1.807) is 32.4 Å². The first-order chi connectivity index (χ1) is 20.2. The van der Waals surface area contributed by atoms with Crippen molar-refractivity contribution in [2.45, 2.75) is 57.8 Å². The number of alkyl halides is 3. The van der Waals surface area contributed by atoms with Crippen molar-refractivity contribution in [3.05, 3.63) is 53.1 Å². The molecular weight excluding hydrogens is 573 g/mol. The monoisotopic (exact) mass is 610 g/mol. The summed E-state index contributed by atoms with van der Waals surface area (Å²) in [6, 6.07) is 10.4. The van der Waals surface area contributed by atoms with Gasteiger partial charge in [0.2, 0.25) is 11.8 Å². The number of carboxylic acid groups (broad SMARTS) is 1. The van der Waals surface area contributed by atoms with Gasteiger partial charge in [-0.05, 0) is 60.1 Å². The Balaban J connectivity index is 0.000000821. The Morgan fingerprint density at radius 1 is 1.02 bits per heavy atom. The molecule has 1 unspecified atom stereocenters. The summed E-state index contributed by atoms with van der Waals surface area (Å²) in [5.41, 5.74) is 9.06. The number of aliphatic carboxylic acids is 1. The summed E-state index contributed by atoms with van der Waals surface area (Å²) in [6.45, 7) is 4.02. The second-order valence-corrected chi connectivity index (χ2v) is 10.1. The summed E-state index contributed by atoms with van der Waals surface area (Å²) in [6.07, 6.45) is -3.09. The molecule has 0 heterocycles. The van der Waals surface area contributed by atoms with Gasteiger partial charge in [0.1, 0.15) is 11.8 Å². The second-order valence-electron chi connectivity index (χ2n) is 10.1. The molecule has 0 radical (unpaired) electrons. The molecule has 0 fully saturated rings. The Hall–Kier alpha value is -4.49. The summed E-state index contributed by atoms with van der Waals surface area (Å²) < 4.78 is 47.7. The summed E-state index contributed by atoms with van der Waals surface area (Å²) in [7, 11) is 4.73. The molecule has 43 heavy (non-hydrogen) atoms. The number of halogens is 3. The number of nitrogens with zero attached hydrogens (tertiary/aromatic N) is 1. The lowest BCUT2D eigenvalue weighted by Crippen LogP contribution is -2.44. The van der Waals surface area contributed by atoms with Gasteiger partial charge in [-0.1, -0.05) is 32.0 Å². The Bertz CT molecular complexity index is 1320. The molecule has 1 aliphatic rings. The molecule has 0 bridgehead atoms. The van der Waals surface area contributed by atoms with Crippen molar-refractivity contribution in [1.29, 1.82) is 0 Å². The molecular formula is C29H37F3N4O7. The van der Waals surface area contributed by atoms with Crippen LogP contribution >= 0.6 is 0 Å². The molecule has 14 heteroatoms. The number of hydrogen-bond acceptors (Lipinski definition) is 7. The quantitative estimate of drug-likeness (QED) is 0.236. The van der Waals surface area contributed by atoms with Gasteiger partial charge in [-0.3, -0.25) is 14.9 Å². The Labute approximate surface area is 247 Å². The minimum atomic E-state index is -5.08. The van der Waals surface area contributed by atoms with E-state index in [1.807, 2.05) is 26.0 Å². The minimum absolute atomic E-state index is 0.0467. The summed E-state index contributed by atoms with van der Waals surface area (Å²) >= 11 is 0. The van der Waals surface area contributed by atoms with E-state index in [1.165, 1.54) is 12.7 Å². The molecule has 2 aromatic rings. The van der Waals surface area contributed by atoms with Crippen LogP contribution in [-0.2, 0) is 33.6 Å². The molecule has 2 atom stereocenters. The number of rotatable bonds is 10.